The van der Waals surface area contributed by atoms with E-state index >= 15 is 0 Å². The minimum atomic E-state index is -3.09. The fourth-order valence-electron chi connectivity index (χ4n) is 3.31. The molecule has 2 fully saturated rings. The summed E-state index contributed by atoms with van der Waals surface area (Å²) in [6, 6.07) is 9.79. The molecule has 0 unspecified atom stereocenters. The normalized spacial score (nSPS) is 18.5. The SMILES string of the molecule is CCOc1ccc(-c2cc(N3CCN(S(=O)(=O)C4CC4)CC3)ncn2)cc1. The van der Waals surface area contributed by atoms with Gasteiger partial charge in [0.15, 0.2) is 0 Å². The molecule has 2 aromatic rings. The lowest BCUT2D eigenvalue weighted by atomic mass is 10.1. The lowest BCUT2D eigenvalue weighted by Gasteiger charge is -2.34. The van der Waals surface area contributed by atoms with Crippen molar-refractivity contribution in [2.45, 2.75) is 25.0 Å². The van der Waals surface area contributed by atoms with Crippen LogP contribution in [0.25, 0.3) is 11.3 Å². The molecule has 0 radical (unpaired) electrons. The zero-order valence-corrected chi connectivity index (χ0v) is 16.2. The third kappa shape index (κ3) is 3.91. The highest BCUT2D eigenvalue weighted by atomic mass is 32.2. The number of nitrogens with zero attached hydrogens (tertiary/aromatic N) is 4. The Kier molecular flexibility index (Phi) is 5.01. The van der Waals surface area contributed by atoms with Gasteiger partial charge in [0.1, 0.15) is 17.9 Å². The van der Waals surface area contributed by atoms with Crippen LogP contribution in [0.4, 0.5) is 5.82 Å². The van der Waals surface area contributed by atoms with Crippen molar-refractivity contribution in [3.63, 3.8) is 0 Å². The van der Waals surface area contributed by atoms with Crippen LogP contribution in [0.3, 0.4) is 0 Å². The van der Waals surface area contributed by atoms with Crippen LogP contribution in [0.1, 0.15) is 19.8 Å². The Morgan fingerprint density at radius 1 is 1.07 bits per heavy atom. The van der Waals surface area contributed by atoms with Gasteiger partial charge in [-0.3, -0.25) is 0 Å². The maximum Gasteiger partial charge on any atom is 0.217 e. The topological polar surface area (TPSA) is 75.6 Å². The largest absolute Gasteiger partial charge is 0.494 e. The number of ether oxygens (including phenoxy) is 1. The van der Waals surface area contributed by atoms with Crippen LogP contribution in [0.2, 0.25) is 0 Å². The van der Waals surface area contributed by atoms with E-state index in [4.69, 9.17) is 4.74 Å². The van der Waals surface area contributed by atoms with Crippen LogP contribution in [-0.4, -0.2) is 60.7 Å². The number of anilines is 1. The average Bonchev–Trinajstić information content (AvgIpc) is 3.55. The highest BCUT2D eigenvalue weighted by molar-refractivity contribution is 7.90. The van der Waals surface area contributed by atoms with Crippen molar-refractivity contribution >= 4 is 15.8 Å². The van der Waals surface area contributed by atoms with E-state index < -0.39 is 10.0 Å². The maximum atomic E-state index is 12.4. The molecule has 1 saturated heterocycles. The van der Waals surface area contributed by atoms with E-state index in [1.165, 1.54) is 0 Å². The van der Waals surface area contributed by atoms with Crippen LogP contribution in [0.15, 0.2) is 36.7 Å². The molecule has 1 aromatic heterocycles. The van der Waals surface area contributed by atoms with Crippen molar-refractivity contribution in [2.75, 3.05) is 37.7 Å². The molecule has 27 heavy (non-hydrogen) atoms. The molecule has 8 heteroatoms. The van der Waals surface area contributed by atoms with E-state index in [0.717, 1.165) is 35.7 Å². The van der Waals surface area contributed by atoms with Crippen molar-refractivity contribution in [1.29, 1.82) is 0 Å². The average molecular weight is 388 g/mol. The molecule has 1 saturated carbocycles. The molecule has 2 heterocycles. The summed E-state index contributed by atoms with van der Waals surface area (Å²) in [7, 11) is -3.09. The molecule has 1 aromatic carbocycles. The van der Waals surface area contributed by atoms with Crippen LogP contribution < -0.4 is 9.64 Å². The minimum Gasteiger partial charge on any atom is -0.494 e. The second kappa shape index (κ2) is 7.44. The van der Waals surface area contributed by atoms with E-state index in [1.807, 2.05) is 37.3 Å². The molecule has 0 amide bonds. The van der Waals surface area contributed by atoms with Crippen LogP contribution in [0.5, 0.6) is 5.75 Å². The molecule has 7 nitrogen and oxygen atoms in total. The van der Waals surface area contributed by atoms with Gasteiger partial charge in [-0.2, -0.15) is 4.31 Å². The predicted octanol–water partition coefficient (Wildman–Crippen LogP) is 2.16. The van der Waals surface area contributed by atoms with Crippen molar-refractivity contribution in [1.82, 2.24) is 14.3 Å². The number of benzene rings is 1. The highest BCUT2D eigenvalue weighted by Gasteiger charge is 2.41. The van der Waals surface area contributed by atoms with Crippen LogP contribution in [0, 0.1) is 0 Å². The number of hydrogen-bond acceptors (Lipinski definition) is 6. The summed E-state index contributed by atoms with van der Waals surface area (Å²) in [5, 5.41) is -0.144. The molecule has 144 valence electrons. The Balaban J connectivity index is 1.45. The predicted molar refractivity (Wildman–Crippen MR) is 104 cm³/mol. The number of rotatable bonds is 6. The minimum absolute atomic E-state index is 0.144. The molecule has 1 aliphatic heterocycles. The van der Waals surface area contributed by atoms with Crippen LogP contribution >= 0.6 is 0 Å². The Labute approximate surface area is 160 Å². The number of sulfonamides is 1. The first kappa shape index (κ1) is 18.2. The summed E-state index contributed by atoms with van der Waals surface area (Å²) in [5.74, 6) is 1.67. The maximum absolute atomic E-state index is 12.4. The van der Waals surface area contributed by atoms with Crippen molar-refractivity contribution in [3.8, 4) is 17.0 Å². The van der Waals surface area contributed by atoms with Gasteiger partial charge in [-0.05, 0) is 44.0 Å². The van der Waals surface area contributed by atoms with E-state index in [-0.39, 0.29) is 5.25 Å². The lowest BCUT2D eigenvalue weighted by Crippen LogP contribution is -2.49. The molecular weight excluding hydrogens is 364 g/mol. The second-order valence-electron chi connectivity index (χ2n) is 6.85. The number of hydrogen-bond donors (Lipinski definition) is 0. The Morgan fingerprint density at radius 2 is 1.78 bits per heavy atom. The Bertz CT molecular complexity index is 889. The van der Waals surface area contributed by atoms with Gasteiger partial charge in [0.25, 0.3) is 0 Å². The summed E-state index contributed by atoms with van der Waals surface area (Å²) in [6.45, 7) is 4.92. The summed E-state index contributed by atoms with van der Waals surface area (Å²) in [4.78, 5) is 10.9. The van der Waals surface area contributed by atoms with E-state index in [0.29, 0.717) is 32.8 Å². The monoisotopic (exact) mass is 388 g/mol. The fourth-order valence-corrected chi connectivity index (χ4v) is 5.14. The molecule has 2 aliphatic rings. The number of piperazine rings is 1. The van der Waals surface area contributed by atoms with Crippen molar-refractivity contribution in [2.24, 2.45) is 0 Å². The van der Waals surface area contributed by atoms with Crippen molar-refractivity contribution < 1.29 is 13.2 Å². The third-order valence-corrected chi connectivity index (χ3v) is 7.38. The van der Waals surface area contributed by atoms with E-state index in [1.54, 1.807) is 10.6 Å². The van der Waals surface area contributed by atoms with E-state index in [2.05, 4.69) is 14.9 Å². The lowest BCUT2D eigenvalue weighted by molar-refractivity contribution is 0.340. The molecule has 0 N–H and O–H groups in total. The quantitative estimate of drug-likeness (QED) is 0.755. The molecule has 0 atom stereocenters. The second-order valence-corrected chi connectivity index (χ2v) is 9.06. The molecular formula is C19H24N4O3S. The summed E-state index contributed by atoms with van der Waals surface area (Å²) in [6.07, 6.45) is 3.17. The first-order valence-corrected chi connectivity index (χ1v) is 10.9. The van der Waals surface area contributed by atoms with Gasteiger partial charge in [0.2, 0.25) is 10.0 Å². The summed E-state index contributed by atoms with van der Waals surface area (Å²) in [5.41, 5.74) is 1.84. The fraction of sp³-hybridized carbons (Fsp3) is 0.474. The standard InChI is InChI=1S/C19H24N4O3S/c1-2-26-16-5-3-15(4-6-16)18-13-19(21-14-20-18)22-9-11-23(12-10-22)27(24,25)17-7-8-17/h3-6,13-14,17H,2,7-12H2,1H3. The van der Waals surface area contributed by atoms with Gasteiger partial charge in [0.05, 0.1) is 17.6 Å². The van der Waals surface area contributed by atoms with E-state index in [9.17, 15) is 8.42 Å². The van der Waals surface area contributed by atoms with Gasteiger partial charge in [-0.15, -0.1) is 0 Å². The Hall–Kier alpha value is -2.19. The Morgan fingerprint density at radius 3 is 2.41 bits per heavy atom. The summed E-state index contributed by atoms with van der Waals surface area (Å²) >= 11 is 0. The van der Waals surface area contributed by atoms with Crippen LogP contribution in [-0.2, 0) is 10.0 Å². The van der Waals surface area contributed by atoms with Gasteiger partial charge in [-0.1, -0.05) is 0 Å². The molecule has 4 rings (SSSR count). The molecule has 1 aliphatic carbocycles. The third-order valence-electron chi connectivity index (χ3n) is 4.98. The zero-order chi connectivity index (χ0) is 18.9. The highest BCUT2D eigenvalue weighted by Crippen LogP contribution is 2.32. The first-order valence-electron chi connectivity index (χ1n) is 9.37. The molecule has 0 bridgehead atoms. The smallest absolute Gasteiger partial charge is 0.217 e. The van der Waals surface area contributed by atoms with Gasteiger partial charge >= 0.3 is 0 Å². The molecule has 0 spiro atoms. The van der Waals surface area contributed by atoms with Gasteiger partial charge in [-0.25, -0.2) is 18.4 Å². The van der Waals surface area contributed by atoms with Gasteiger partial charge in [0, 0.05) is 37.8 Å². The zero-order valence-electron chi connectivity index (χ0n) is 15.4. The first-order chi connectivity index (χ1) is 13.1. The number of aromatic nitrogens is 2. The van der Waals surface area contributed by atoms with Crippen molar-refractivity contribution in [3.05, 3.63) is 36.7 Å². The van der Waals surface area contributed by atoms with Gasteiger partial charge < -0.3 is 9.64 Å². The summed E-state index contributed by atoms with van der Waals surface area (Å²) < 4.78 is 31.9.